The van der Waals surface area contributed by atoms with Crippen LogP contribution < -0.4 is 0 Å². The van der Waals surface area contributed by atoms with Crippen LogP contribution >= 0.6 is 0 Å². The molecule has 0 saturated carbocycles. The van der Waals surface area contributed by atoms with Crippen molar-refractivity contribution in [2.24, 2.45) is 0 Å². The fraction of sp³-hybridized carbons (Fsp3) is 0.167. The largest absolute Gasteiger partial charge is 0.477 e. The van der Waals surface area contributed by atoms with E-state index in [-0.39, 0.29) is 22.2 Å². The Morgan fingerprint density at radius 1 is 1.33 bits per heavy atom. The standard InChI is InChI=1S/C12H8F3NO2/c1-6-5-9(11(17)18)16-8-4-2-3-7(10(6)8)12(13,14)15/h2-5H,1H3,(H,17,18). The molecule has 18 heavy (non-hydrogen) atoms. The molecule has 2 aromatic rings. The lowest BCUT2D eigenvalue weighted by atomic mass is 10.0. The maximum atomic E-state index is 12.8. The van der Waals surface area contributed by atoms with Crippen LogP contribution in [0.15, 0.2) is 24.3 Å². The highest BCUT2D eigenvalue weighted by Crippen LogP contribution is 2.35. The van der Waals surface area contributed by atoms with Crippen LogP contribution in [0.5, 0.6) is 0 Å². The number of aromatic nitrogens is 1. The average molecular weight is 255 g/mol. The van der Waals surface area contributed by atoms with Gasteiger partial charge in [-0.3, -0.25) is 0 Å². The molecule has 0 radical (unpaired) electrons. The number of hydrogen-bond acceptors (Lipinski definition) is 2. The van der Waals surface area contributed by atoms with E-state index in [1.54, 1.807) is 0 Å². The molecule has 0 aliphatic heterocycles. The Balaban J connectivity index is 2.83. The predicted molar refractivity (Wildman–Crippen MR) is 58.4 cm³/mol. The Hall–Kier alpha value is -2.11. The number of carboxylic acids is 1. The molecular weight excluding hydrogens is 247 g/mol. The molecule has 1 N–H and O–H groups in total. The SMILES string of the molecule is Cc1cc(C(=O)O)nc2cccc(C(F)(F)F)c12. The summed E-state index contributed by atoms with van der Waals surface area (Å²) in [6.45, 7) is 1.44. The van der Waals surface area contributed by atoms with Gasteiger partial charge in [0.05, 0.1) is 11.1 Å². The molecule has 1 aromatic carbocycles. The molecule has 0 saturated heterocycles. The second kappa shape index (κ2) is 3.97. The number of fused-ring (bicyclic) bond motifs is 1. The van der Waals surface area contributed by atoms with E-state index in [9.17, 15) is 18.0 Å². The second-order valence-corrected chi connectivity index (χ2v) is 3.83. The van der Waals surface area contributed by atoms with Gasteiger partial charge >= 0.3 is 12.1 Å². The minimum atomic E-state index is -4.49. The van der Waals surface area contributed by atoms with Gasteiger partial charge < -0.3 is 5.11 Å². The van der Waals surface area contributed by atoms with Crippen molar-refractivity contribution in [3.05, 3.63) is 41.1 Å². The first-order chi connectivity index (χ1) is 8.30. The first-order valence-corrected chi connectivity index (χ1v) is 5.01. The van der Waals surface area contributed by atoms with Gasteiger partial charge in [0, 0.05) is 5.39 Å². The Morgan fingerprint density at radius 2 is 2.00 bits per heavy atom. The van der Waals surface area contributed by atoms with Crippen LogP contribution in [0.2, 0.25) is 0 Å². The van der Waals surface area contributed by atoms with Crippen LogP contribution in [0.1, 0.15) is 21.6 Å². The van der Waals surface area contributed by atoms with Crippen molar-refractivity contribution in [3.8, 4) is 0 Å². The maximum Gasteiger partial charge on any atom is 0.417 e. The van der Waals surface area contributed by atoms with Gasteiger partial charge in [0.25, 0.3) is 0 Å². The van der Waals surface area contributed by atoms with Gasteiger partial charge in [0.15, 0.2) is 0 Å². The molecule has 0 amide bonds. The zero-order valence-electron chi connectivity index (χ0n) is 9.25. The third kappa shape index (κ3) is 2.01. The van der Waals surface area contributed by atoms with E-state index in [1.165, 1.54) is 19.1 Å². The lowest BCUT2D eigenvalue weighted by Gasteiger charge is -2.12. The average Bonchev–Trinajstić information content (AvgIpc) is 2.26. The molecule has 1 heterocycles. The summed E-state index contributed by atoms with van der Waals surface area (Å²) in [5, 5.41) is 8.75. The van der Waals surface area contributed by atoms with E-state index >= 15 is 0 Å². The number of hydrogen-bond donors (Lipinski definition) is 1. The summed E-state index contributed by atoms with van der Waals surface area (Å²) in [4.78, 5) is 14.5. The third-order valence-corrected chi connectivity index (χ3v) is 2.56. The number of alkyl halides is 3. The van der Waals surface area contributed by atoms with Crippen molar-refractivity contribution in [1.82, 2.24) is 4.98 Å². The van der Waals surface area contributed by atoms with E-state index in [1.807, 2.05) is 0 Å². The molecule has 0 aliphatic carbocycles. The maximum absolute atomic E-state index is 12.8. The van der Waals surface area contributed by atoms with Crippen LogP contribution in [0.4, 0.5) is 13.2 Å². The highest BCUT2D eigenvalue weighted by molar-refractivity contribution is 5.93. The number of benzene rings is 1. The first kappa shape index (κ1) is 12.3. The molecule has 0 spiro atoms. The number of aryl methyl sites for hydroxylation is 1. The van der Waals surface area contributed by atoms with Gasteiger partial charge in [-0.05, 0) is 30.7 Å². The second-order valence-electron chi connectivity index (χ2n) is 3.83. The summed E-state index contributed by atoms with van der Waals surface area (Å²) in [5.41, 5.74) is -0.797. The summed E-state index contributed by atoms with van der Waals surface area (Å²) in [5.74, 6) is -1.27. The van der Waals surface area contributed by atoms with Gasteiger partial charge in [-0.15, -0.1) is 0 Å². The van der Waals surface area contributed by atoms with Crippen molar-refractivity contribution in [1.29, 1.82) is 0 Å². The Morgan fingerprint density at radius 3 is 2.56 bits per heavy atom. The molecule has 0 bridgehead atoms. The molecule has 2 rings (SSSR count). The molecule has 0 aliphatic rings. The highest BCUT2D eigenvalue weighted by atomic mass is 19.4. The van der Waals surface area contributed by atoms with Crippen molar-refractivity contribution >= 4 is 16.9 Å². The minimum Gasteiger partial charge on any atom is -0.477 e. The van der Waals surface area contributed by atoms with Gasteiger partial charge in [0.1, 0.15) is 5.69 Å². The molecule has 3 nitrogen and oxygen atoms in total. The number of nitrogens with zero attached hydrogens (tertiary/aromatic N) is 1. The number of carboxylic acid groups (broad SMARTS) is 1. The summed E-state index contributed by atoms with van der Waals surface area (Å²) in [7, 11) is 0. The Kier molecular flexibility index (Phi) is 2.73. The lowest BCUT2D eigenvalue weighted by Crippen LogP contribution is -2.08. The van der Waals surface area contributed by atoms with Gasteiger partial charge in [0.2, 0.25) is 0 Å². The zero-order chi connectivity index (χ0) is 13.5. The van der Waals surface area contributed by atoms with Crippen LogP contribution in [-0.4, -0.2) is 16.1 Å². The van der Waals surface area contributed by atoms with Crippen molar-refractivity contribution in [2.45, 2.75) is 13.1 Å². The molecule has 1 aromatic heterocycles. The lowest BCUT2D eigenvalue weighted by molar-refractivity contribution is -0.136. The van der Waals surface area contributed by atoms with E-state index in [2.05, 4.69) is 4.98 Å². The van der Waals surface area contributed by atoms with E-state index in [4.69, 9.17) is 5.11 Å². The molecular formula is C12H8F3NO2. The molecule has 0 unspecified atom stereocenters. The summed E-state index contributed by atoms with van der Waals surface area (Å²) >= 11 is 0. The van der Waals surface area contributed by atoms with Crippen LogP contribution in [0, 0.1) is 6.92 Å². The number of aromatic carboxylic acids is 1. The van der Waals surface area contributed by atoms with Gasteiger partial charge in [-0.1, -0.05) is 6.07 Å². The van der Waals surface area contributed by atoms with E-state index in [0.29, 0.717) is 0 Å². The van der Waals surface area contributed by atoms with Crippen LogP contribution in [0.3, 0.4) is 0 Å². The predicted octanol–water partition coefficient (Wildman–Crippen LogP) is 3.26. The zero-order valence-corrected chi connectivity index (χ0v) is 9.25. The monoisotopic (exact) mass is 255 g/mol. The van der Waals surface area contributed by atoms with Crippen molar-refractivity contribution in [2.75, 3.05) is 0 Å². The Labute approximate surface area is 99.9 Å². The van der Waals surface area contributed by atoms with Crippen molar-refractivity contribution < 1.29 is 23.1 Å². The molecule has 94 valence electrons. The van der Waals surface area contributed by atoms with Crippen LogP contribution in [-0.2, 0) is 6.18 Å². The first-order valence-electron chi connectivity index (χ1n) is 5.01. The Bertz CT molecular complexity index is 635. The molecule has 0 fully saturated rings. The topological polar surface area (TPSA) is 50.2 Å². The summed E-state index contributed by atoms with van der Waals surface area (Å²) in [6, 6.07) is 4.67. The molecule has 0 atom stereocenters. The highest BCUT2D eigenvalue weighted by Gasteiger charge is 2.33. The van der Waals surface area contributed by atoms with Crippen molar-refractivity contribution in [3.63, 3.8) is 0 Å². The minimum absolute atomic E-state index is 0.0298. The van der Waals surface area contributed by atoms with E-state index in [0.717, 1.165) is 12.1 Å². The number of carbonyl (C=O) groups is 1. The summed E-state index contributed by atoms with van der Waals surface area (Å²) in [6.07, 6.45) is -4.49. The van der Waals surface area contributed by atoms with Gasteiger partial charge in [-0.25, -0.2) is 9.78 Å². The normalized spacial score (nSPS) is 11.8. The number of halogens is 3. The number of rotatable bonds is 1. The van der Waals surface area contributed by atoms with Gasteiger partial charge in [-0.2, -0.15) is 13.2 Å². The fourth-order valence-electron chi connectivity index (χ4n) is 1.83. The fourth-order valence-corrected chi connectivity index (χ4v) is 1.83. The smallest absolute Gasteiger partial charge is 0.417 e. The summed E-state index contributed by atoms with van der Waals surface area (Å²) < 4.78 is 38.4. The number of pyridine rings is 1. The van der Waals surface area contributed by atoms with Crippen LogP contribution in [0.25, 0.3) is 10.9 Å². The third-order valence-electron chi connectivity index (χ3n) is 2.56. The van der Waals surface area contributed by atoms with E-state index < -0.39 is 17.7 Å². The molecule has 6 heteroatoms. The quantitative estimate of drug-likeness (QED) is 0.850.